The fraction of sp³-hybridized carbons (Fsp3) is 0.375. The van der Waals surface area contributed by atoms with E-state index < -0.39 is 11.7 Å². The van der Waals surface area contributed by atoms with Crippen LogP contribution in [0.3, 0.4) is 0 Å². The van der Waals surface area contributed by atoms with Crippen molar-refractivity contribution in [3.8, 4) is 0 Å². The van der Waals surface area contributed by atoms with E-state index in [1.165, 1.54) is 0 Å². The van der Waals surface area contributed by atoms with Gasteiger partial charge in [0, 0.05) is 6.42 Å². The monoisotopic (exact) mass is 290 g/mol. The minimum Gasteiger partial charge on any atom is -0.444 e. The van der Waals surface area contributed by atoms with Crippen molar-refractivity contribution in [1.82, 2.24) is 0 Å². The van der Waals surface area contributed by atoms with Crippen LogP contribution in [0.15, 0.2) is 36.9 Å². The summed E-state index contributed by atoms with van der Waals surface area (Å²) in [6.07, 6.45) is 2.08. The van der Waals surface area contributed by atoms with Gasteiger partial charge in [-0.3, -0.25) is 10.1 Å². The van der Waals surface area contributed by atoms with Crippen molar-refractivity contribution < 1.29 is 14.3 Å². The lowest BCUT2D eigenvalue weighted by molar-refractivity contribution is -0.116. The molecule has 2 amide bonds. The average molecular weight is 290 g/mol. The summed E-state index contributed by atoms with van der Waals surface area (Å²) in [5.74, 6) is -0.131. The second-order valence-electron chi connectivity index (χ2n) is 5.55. The molecule has 0 aliphatic rings. The summed E-state index contributed by atoms with van der Waals surface area (Å²) < 4.78 is 5.19. The minimum atomic E-state index is -0.577. The quantitative estimate of drug-likeness (QED) is 0.807. The van der Waals surface area contributed by atoms with E-state index in [1.54, 1.807) is 51.1 Å². The first-order chi connectivity index (χ1) is 9.81. The summed E-state index contributed by atoms with van der Waals surface area (Å²) in [5.41, 5.74) is 0.461. The highest BCUT2D eigenvalue weighted by Crippen LogP contribution is 2.22. The molecule has 0 aromatic heterocycles. The second kappa shape index (κ2) is 7.47. The number of rotatable bonds is 5. The molecular weight excluding hydrogens is 268 g/mol. The molecule has 114 valence electrons. The lowest BCUT2D eigenvalue weighted by atomic mass is 10.2. The summed E-state index contributed by atoms with van der Waals surface area (Å²) in [6.45, 7) is 8.94. The van der Waals surface area contributed by atoms with Crippen LogP contribution in [0.4, 0.5) is 16.2 Å². The number of allylic oxidation sites excluding steroid dienone is 1. The van der Waals surface area contributed by atoms with Crippen LogP contribution in [-0.2, 0) is 9.53 Å². The molecule has 0 atom stereocenters. The van der Waals surface area contributed by atoms with Gasteiger partial charge in [0.05, 0.1) is 11.4 Å². The van der Waals surface area contributed by atoms with E-state index in [-0.39, 0.29) is 5.91 Å². The summed E-state index contributed by atoms with van der Waals surface area (Å²) in [4.78, 5) is 23.5. The van der Waals surface area contributed by atoms with Gasteiger partial charge in [0.2, 0.25) is 5.91 Å². The van der Waals surface area contributed by atoms with Gasteiger partial charge in [-0.15, -0.1) is 6.58 Å². The largest absolute Gasteiger partial charge is 0.444 e. The first-order valence-electron chi connectivity index (χ1n) is 6.81. The molecule has 0 saturated carbocycles. The molecule has 1 aromatic rings. The van der Waals surface area contributed by atoms with Crippen molar-refractivity contribution in [2.75, 3.05) is 10.6 Å². The summed E-state index contributed by atoms with van der Waals surface area (Å²) in [6, 6.07) is 6.97. The summed E-state index contributed by atoms with van der Waals surface area (Å²) >= 11 is 0. The number of para-hydroxylation sites is 2. The van der Waals surface area contributed by atoms with Crippen molar-refractivity contribution in [3.63, 3.8) is 0 Å². The van der Waals surface area contributed by atoms with Crippen LogP contribution in [0, 0.1) is 0 Å². The van der Waals surface area contributed by atoms with E-state index in [9.17, 15) is 9.59 Å². The van der Waals surface area contributed by atoms with E-state index in [0.717, 1.165) is 0 Å². The molecule has 0 aliphatic carbocycles. The number of hydrogen-bond donors (Lipinski definition) is 2. The highest BCUT2D eigenvalue weighted by atomic mass is 16.6. The molecule has 0 spiro atoms. The number of nitrogens with one attached hydrogen (secondary N) is 2. The Kier molecular flexibility index (Phi) is 5.96. The number of hydrogen-bond acceptors (Lipinski definition) is 3. The van der Waals surface area contributed by atoms with Crippen LogP contribution >= 0.6 is 0 Å². The average Bonchev–Trinajstić information content (AvgIpc) is 2.36. The topological polar surface area (TPSA) is 67.4 Å². The molecule has 5 heteroatoms. The Morgan fingerprint density at radius 1 is 1.19 bits per heavy atom. The lowest BCUT2D eigenvalue weighted by Gasteiger charge is -2.20. The summed E-state index contributed by atoms with van der Waals surface area (Å²) in [7, 11) is 0. The van der Waals surface area contributed by atoms with E-state index >= 15 is 0 Å². The van der Waals surface area contributed by atoms with Gasteiger partial charge in [-0.1, -0.05) is 18.2 Å². The van der Waals surface area contributed by atoms with Crippen molar-refractivity contribution in [2.24, 2.45) is 0 Å². The zero-order valence-electron chi connectivity index (χ0n) is 12.7. The smallest absolute Gasteiger partial charge is 0.412 e. The molecule has 0 heterocycles. The fourth-order valence-corrected chi connectivity index (χ4v) is 1.56. The van der Waals surface area contributed by atoms with E-state index in [1.807, 2.05) is 0 Å². The Hall–Kier alpha value is -2.30. The van der Waals surface area contributed by atoms with Crippen molar-refractivity contribution >= 4 is 23.4 Å². The first kappa shape index (κ1) is 16.8. The predicted octanol–water partition coefficient (Wildman–Crippen LogP) is 3.94. The number of carbonyl (C=O) groups excluding carboxylic acids is 2. The first-order valence-corrected chi connectivity index (χ1v) is 6.81. The predicted molar refractivity (Wildman–Crippen MR) is 84.4 cm³/mol. The molecule has 0 unspecified atom stereocenters. The van der Waals surface area contributed by atoms with Gasteiger partial charge in [0.25, 0.3) is 0 Å². The summed E-state index contributed by atoms with van der Waals surface area (Å²) in [5, 5.41) is 5.39. The highest BCUT2D eigenvalue weighted by molar-refractivity contribution is 5.97. The number of amides is 2. The SMILES string of the molecule is C=CCCC(=O)Nc1ccccc1NC(=O)OC(C)(C)C. The molecule has 1 rings (SSSR count). The molecule has 0 radical (unpaired) electrons. The van der Waals surface area contributed by atoms with Crippen LogP contribution in [0.5, 0.6) is 0 Å². The third kappa shape index (κ3) is 6.61. The van der Waals surface area contributed by atoms with E-state index in [0.29, 0.717) is 24.2 Å². The van der Waals surface area contributed by atoms with Crippen molar-refractivity contribution in [2.45, 2.75) is 39.2 Å². The van der Waals surface area contributed by atoms with Crippen LogP contribution in [0.2, 0.25) is 0 Å². The van der Waals surface area contributed by atoms with Gasteiger partial charge in [-0.2, -0.15) is 0 Å². The maximum Gasteiger partial charge on any atom is 0.412 e. The normalized spacial score (nSPS) is 10.6. The third-order valence-corrected chi connectivity index (χ3v) is 2.41. The van der Waals surface area contributed by atoms with Crippen LogP contribution < -0.4 is 10.6 Å². The van der Waals surface area contributed by atoms with Crippen molar-refractivity contribution in [1.29, 1.82) is 0 Å². The van der Waals surface area contributed by atoms with Crippen LogP contribution in [0.25, 0.3) is 0 Å². The Balaban J connectivity index is 2.73. The maximum atomic E-state index is 11.8. The Morgan fingerprint density at radius 3 is 2.29 bits per heavy atom. The van der Waals surface area contributed by atoms with Crippen LogP contribution in [-0.4, -0.2) is 17.6 Å². The molecular formula is C16H22N2O3. The van der Waals surface area contributed by atoms with E-state index in [2.05, 4.69) is 17.2 Å². The molecule has 0 fully saturated rings. The van der Waals surface area contributed by atoms with E-state index in [4.69, 9.17) is 4.74 Å². The Morgan fingerprint density at radius 2 is 1.76 bits per heavy atom. The van der Waals surface area contributed by atoms with Gasteiger partial charge < -0.3 is 10.1 Å². The number of benzene rings is 1. The number of anilines is 2. The van der Waals surface area contributed by atoms with Gasteiger partial charge in [-0.05, 0) is 39.3 Å². The molecule has 21 heavy (non-hydrogen) atoms. The number of ether oxygens (including phenoxy) is 1. The molecule has 1 aromatic carbocycles. The molecule has 0 saturated heterocycles. The van der Waals surface area contributed by atoms with Crippen molar-refractivity contribution in [3.05, 3.63) is 36.9 Å². The van der Waals surface area contributed by atoms with Gasteiger partial charge in [0.1, 0.15) is 5.60 Å². The molecule has 0 aliphatic heterocycles. The Bertz CT molecular complexity index is 518. The molecule has 2 N–H and O–H groups in total. The lowest BCUT2D eigenvalue weighted by Crippen LogP contribution is -2.27. The second-order valence-corrected chi connectivity index (χ2v) is 5.55. The minimum absolute atomic E-state index is 0.131. The number of carbonyl (C=O) groups is 2. The fourth-order valence-electron chi connectivity index (χ4n) is 1.56. The standard InChI is InChI=1S/C16H22N2O3/c1-5-6-11-14(19)17-12-9-7-8-10-13(12)18-15(20)21-16(2,3)4/h5,7-10H,1,6,11H2,2-4H3,(H,17,19)(H,18,20). The zero-order valence-corrected chi connectivity index (χ0v) is 12.7. The molecule has 5 nitrogen and oxygen atoms in total. The highest BCUT2D eigenvalue weighted by Gasteiger charge is 2.17. The third-order valence-electron chi connectivity index (χ3n) is 2.41. The Labute approximate surface area is 125 Å². The van der Waals surface area contributed by atoms with Gasteiger partial charge in [0.15, 0.2) is 0 Å². The van der Waals surface area contributed by atoms with Crippen LogP contribution in [0.1, 0.15) is 33.6 Å². The molecule has 0 bridgehead atoms. The zero-order chi connectivity index (χ0) is 15.9. The van der Waals surface area contributed by atoms with Gasteiger partial charge in [-0.25, -0.2) is 4.79 Å². The van der Waals surface area contributed by atoms with Gasteiger partial charge >= 0.3 is 6.09 Å². The maximum absolute atomic E-state index is 11.8.